The maximum absolute atomic E-state index is 12.4. The highest BCUT2D eigenvalue weighted by Gasteiger charge is 2.43. The van der Waals surface area contributed by atoms with Crippen LogP contribution in [0.25, 0.3) is 0 Å². The number of hydrogen-bond acceptors (Lipinski definition) is 4. The topological polar surface area (TPSA) is 45.7 Å². The van der Waals surface area contributed by atoms with Crippen molar-refractivity contribution in [1.82, 2.24) is 14.8 Å². The zero-order valence-electron chi connectivity index (χ0n) is 13.5. The molecule has 0 N–H and O–H groups in total. The molecule has 2 aliphatic rings. The number of rotatable bonds is 3. The van der Waals surface area contributed by atoms with Crippen molar-refractivity contribution in [3.8, 4) is 0 Å². The lowest BCUT2D eigenvalue weighted by Crippen LogP contribution is -2.47. The van der Waals surface area contributed by atoms with E-state index in [-0.39, 0.29) is 11.5 Å². The highest BCUT2D eigenvalue weighted by atomic mass is 16.5. The Bertz CT molecular complexity index is 510. The van der Waals surface area contributed by atoms with Crippen molar-refractivity contribution in [2.24, 2.45) is 0 Å². The first kappa shape index (κ1) is 15.4. The van der Waals surface area contributed by atoms with Crippen LogP contribution in [0.3, 0.4) is 0 Å². The van der Waals surface area contributed by atoms with Gasteiger partial charge in [-0.1, -0.05) is 6.07 Å². The van der Waals surface area contributed by atoms with Gasteiger partial charge in [-0.15, -0.1) is 0 Å². The molecule has 5 nitrogen and oxygen atoms in total. The SMILES string of the molecule is CN(C)[C@@H]1COC2(CCN(C(=O)Cc3ccccn3)CC2)C1. The summed E-state index contributed by atoms with van der Waals surface area (Å²) in [5.41, 5.74) is 0.842. The first-order valence-corrected chi connectivity index (χ1v) is 8.06. The number of piperidine rings is 1. The Labute approximate surface area is 132 Å². The first-order chi connectivity index (χ1) is 10.6. The zero-order valence-corrected chi connectivity index (χ0v) is 13.5. The van der Waals surface area contributed by atoms with E-state index in [1.54, 1.807) is 6.20 Å². The Morgan fingerprint density at radius 2 is 2.18 bits per heavy atom. The third-order valence-corrected chi connectivity index (χ3v) is 5.01. The lowest BCUT2D eigenvalue weighted by Gasteiger charge is -2.39. The lowest BCUT2D eigenvalue weighted by atomic mass is 9.87. The first-order valence-electron chi connectivity index (χ1n) is 8.06. The smallest absolute Gasteiger partial charge is 0.228 e. The minimum atomic E-state index is -0.00326. The molecule has 0 aromatic carbocycles. The number of aromatic nitrogens is 1. The fraction of sp³-hybridized carbons (Fsp3) is 0.647. The van der Waals surface area contributed by atoms with Crippen LogP contribution in [0.5, 0.6) is 0 Å². The lowest BCUT2D eigenvalue weighted by molar-refractivity contribution is -0.135. The summed E-state index contributed by atoms with van der Waals surface area (Å²) in [4.78, 5) is 20.8. The summed E-state index contributed by atoms with van der Waals surface area (Å²) in [6.07, 6.45) is 5.12. The van der Waals surface area contributed by atoms with E-state index in [1.165, 1.54) is 0 Å². The van der Waals surface area contributed by atoms with Crippen LogP contribution in [0.4, 0.5) is 0 Å². The van der Waals surface area contributed by atoms with Gasteiger partial charge in [-0.25, -0.2) is 0 Å². The summed E-state index contributed by atoms with van der Waals surface area (Å²) in [7, 11) is 4.22. The fourth-order valence-corrected chi connectivity index (χ4v) is 3.43. The molecule has 1 aromatic rings. The van der Waals surface area contributed by atoms with Crippen molar-refractivity contribution in [2.75, 3.05) is 33.8 Å². The fourth-order valence-electron chi connectivity index (χ4n) is 3.43. The Morgan fingerprint density at radius 3 is 2.77 bits per heavy atom. The number of carbonyl (C=O) groups excluding carboxylic acids is 1. The van der Waals surface area contributed by atoms with Gasteiger partial charge in [0.2, 0.25) is 5.91 Å². The van der Waals surface area contributed by atoms with E-state index in [0.29, 0.717) is 12.5 Å². The van der Waals surface area contributed by atoms with E-state index < -0.39 is 0 Å². The quantitative estimate of drug-likeness (QED) is 0.845. The van der Waals surface area contributed by atoms with Gasteiger partial charge in [-0.3, -0.25) is 9.78 Å². The van der Waals surface area contributed by atoms with Crippen LogP contribution in [0, 0.1) is 0 Å². The average Bonchev–Trinajstić information content (AvgIpc) is 2.93. The van der Waals surface area contributed by atoms with Crippen molar-refractivity contribution >= 4 is 5.91 Å². The molecule has 0 bridgehead atoms. The van der Waals surface area contributed by atoms with Gasteiger partial charge in [0, 0.05) is 31.0 Å². The summed E-state index contributed by atoms with van der Waals surface area (Å²) < 4.78 is 6.11. The molecule has 22 heavy (non-hydrogen) atoms. The molecule has 1 spiro atoms. The predicted octanol–water partition coefficient (Wildman–Crippen LogP) is 1.34. The average molecular weight is 303 g/mol. The van der Waals surface area contributed by atoms with Gasteiger partial charge in [0.15, 0.2) is 0 Å². The van der Waals surface area contributed by atoms with Crippen molar-refractivity contribution in [3.63, 3.8) is 0 Å². The van der Waals surface area contributed by atoms with Crippen LogP contribution in [-0.2, 0) is 16.0 Å². The van der Waals surface area contributed by atoms with Crippen LogP contribution in [0.1, 0.15) is 25.0 Å². The van der Waals surface area contributed by atoms with Gasteiger partial charge in [-0.05, 0) is 45.5 Å². The molecule has 2 saturated heterocycles. The van der Waals surface area contributed by atoms with E-state index in [2.05, 4.69) is 24.0 Å². The van der Waals surface area contributed by atoms with E-state index in [4.69, 9.17) is 4.74 Å². The second-order valence-electron chi connectivity index (χ2n) is 6.69. The number of pyridine rings is 1. The Hall–Kier alpha value is -1.46. The van der Waals surface area contributed by atoms with Crippen LogP contribution >= 0.6 is 0 Å². The van der Waals surface area contributed by atoms with Gasteiger partial charge in [0.05, 0.1) is 18.6 Å². The van der Waals surface area contributed by atoms with Crippen molar-refractivity contribution in [1.29, 1.82) is 0 Å². The number of amides is 1. The maximum atomic E-state index is 12.4. The third-order valence-electron chi connectivity index (χ3n) is 5.01. The summed E-state index contributed by atoms with van der Waals surface area (Å²) in [5, 5.41) is 0. The van der Waals surface area contributed by atoms with Crippen molar-refractivity contribution < 1.29 is 9.53 Å². The molecule has 2 aliphatic heterocycles. The normalized spacial score (nSPS) is 24.1. The maximum Gasteiger partial charge on any atom is 0.228 e. The standard InChI is InChI=1S/C17H25N3O2/c1-19(2)15-12-17(22-13-15)6-9-20(10-7-17)16(21)11-14-5-3-4-8-18-14/h3-5,8,15H,6-7,9-13H2,1-2H3/t15-/m0/s1. The van der Waals surface area contributed by atoms with E-state index in [1.807, 2.05) is 23.1 Å². The molecule has 120 valence electrons. The van der Waals surface area contributed by atoms with Crippen LogP contribution in [0.15, 0.2) is 24.4 Å². The van der Waals surface area contributed by atoms with Gasteiger partial charge >= 0.3 is 0 Å². The van der Waals surface area contributed by atoms with E-state index in [0.717, 1.165) is 44.7 Å². The molecule has 2 fully saturated rings. The largest absolute Gasteiger partial charge is 0.373 e. The molecule has 0 unspecified atom stereocenters. The molecule has 1 aromatic heterocycles. The minimum Gasteiger partial charge on any atom is -0.373 e. The number of ether oxygens (including phenoxy) is 1. The molecule has 1 amide bonds. The van der Waals surface area contributed by atoms with Gasteiger partial charge < -0.3 is 14.5 Å². The number of nitrogens with zero attached hydrogens (tertiary/aromatic N) is 3. The second-order valence-corrected chi connectivity index (χ2v) is 6.69. The van der Waals surface area contributed by atoms with Gasteiger partial charge in [0.1, 0.15) is 0 Å². The molecule has 5 heteroatoms. The monoisotopic (exact) mass is 303 g/mol. The van der Waals surface area contributed by atoms with E-state index in [9.17, 15) is 4.79 Å². The molecule has 3 heterocycles. The number of hydrogen-bond donors (Lipinski definition) is 0. The zero-order chi connectivity index (χ0) is 15.6. The summed E-state index contributed by atoms with van der Waals surface area (Å²) in [6.45, 7) is 2.41. The van der Waals surface area contributed by atoms with Crippen LogP contribution in [-0.4, -0.2) is 66.1 Å². The molecule has 1 atom stereocenters. The molecule has 3 rings (SSSR count). The molecule has 0 radical (unpaired) electrons. The summed E-state index contributed by atoms with van der Waals surface area (Å²) in [6, 6.07) is 6.22. The molecule has 0 aliphatic carbocycles. The van der Waals surface area contributed by atoms with Gasteiger partial charge in [0.25, 0.3) is 0 Å². The second kappa shape index (κ2) is 6.34. The predicted molar refractivity (Wildman–Crippen MR) is 84.5 cm³/mol. The molecular formula is C17H25N3O2. The molecular weight excluding hydrogens is 278 g/mol. The van der Waals surface area contributed by atoms with Crippen LogP contribution in [0.2, 0.25) is 0 Å². The highest BCUT2D eigenvalue weighted by Crippen LogP contribution is 2.37. The van der Waals surface area contributed by atoms with Gasteiger partial charge in [-0.2, -0.15) is 0 Å². The summed E-state index contributed by atoms with van der Waals surface area (Å²) in [5.74, 6) is 0.177. The highest BCUT2D eigenvalue weighted by molar-refractivity contribution is 5.78. The van der Waals surface area contributed by atoms with E-state index >= 15 is 0 Å². The molecule has 0 saturated carbocycles. The number of likely N-dealkylation sites (tertiary alicyclic amines) is 1. The summed E-state index contributed by atoms with van der Waals surface area (Å²) >= 11 is 0. The van der Waals surface area contributed by atoms with Crippen molar-refractivity contribution in [2.45, 2.75) is 37.3 Å². The van der Waals surface area contributed by atoms with Crippen molar-refractivity contribution in [3.05, 3.63) is 30.1 Å². The Morgan fingerprint density at radius 1 is 1.41 bits per heavy atom. The number of carbonyl (C=O) groups is 1. The van der Waals surface area contributed by atoms with Crippen LogP contribution < -0.4 is 0 Å². The third kappa shape index (κ3) is 3.31. The number of likely N-dealkylation sites (N-methyl/N-ethyl adjacent to an activating group) is 1. The Balaban J connectivity index is 1.53. The Kier molecular flexibility index (Phi) is 4.45. The minimum absolute atomic E-state index is 0.00326.